The molecule has 2 unspecified atom stereocenters. The van der Waals surface area contributed by atoms with E-state index in [1.165, 1.54) is 44.2 Å². The molecular weight excluding hydrogens is 335 g/mol. The van der Waals surface area contributed by atoms with Crippen LogP contribution in [-0.4, -0.2) is 55.4 Å². The van der Waals surface area contributed by atoms with Crippen molar-refractivity contribution in [3.05, 3.63) is 30.1 Å². The van der Waals surface area contributed by atoms with Gasteiger partial charge in [-0.3, -0.25) is 4.99 Å². The van der Waals surface area contributed by atoms with E-state index in [4.69, 9.17) is 0 Å². The maximum absolute atomic E-state index is 12.9. The Balaban J connectivity index is 1.40. The number of hydrogen-bond donors (Lipinski definition) is 2. The number of hydrogen-bond acceptors (Lipinski definition) is 3. The summed E-state index contributed by atoms with van der Waals surface area (Å²) in [5, 5.41) is 7.02. The number of nitrogens with one attached hydrogen (secondary N) is 2. The molecule has 1 aromatic rings. The Hall–Kier alpha value is -1.27. The number of halogens is 1. The van der Waals surface area contributed by atoms with E-state index < -0.39 is 0 Å². The summed E-state index contributed by atoms with van der Waals surface area (Å²) in [4.78, 5) is 8.05. The van der Waals surface area contributed by atoms with E-state index in [-0.39, 0.29) is 5.82 Å². The van der Waals surface area contributed by atoms with Crippen molar-refractivity contribution in [3.63, 3.8) is 0 Å². The van der Waals surface area contributed by atoms with Crippen LogP contribution in [0.4, 0.5) is 4.39 Å². The predicted octanol–water partition coefficient (Wildman–Crippen LogP) is 3.10. The Labute approximate surface area is 154 Å². The quantitative estimate of drug-likeness (QED) is 0.365. The summed E-state index contributed by atoms with van der Waals surface area (Å²) in [6.07, 6.45) is 6.44. The third-order valence-corrected chi connectivity index (χ3v) is 6.39. The fraction of sp³-hybridized carbons (Fsp3) is 0.632. The highest BCUT2D eigenvalue weighted by molar-refractivity contribution is 7.99. The zero-order chi connectivity index (χ0) is 17.6. The normalized spacial score (nSPS) is 27.2. The molecule has 3 rings (SSSR count). The molecule has 138 valence electrons. The minimum absolute atomic E-state index is 0.185. The number of nitrogens with zero attached hydrogens (tertiary/aromatic N) is 2. The maximum Gasteiger partial charge on any atom is 0.191 e. The van der Waals surface area contributed by atoms with Crippen molar-refractivity contribution in [1.29, 1.82) is 0 Å². The lowest BCUT2D eigenvalue weighted by atomic mass is 9.82. The zero-order valence-corrected chi connectivity index (χ0v) is 16.0. The van der Waals surface area contributed by atoms with Crippen LogP contribution in [0.1, 0.15) is 32.1 Å². The van der Waals surface area contributed by atoms with E-state index in [9.17, 15) is 4.39 Å². The molecule has 0 amide bonds. The SMILES string of the molecule is CN=C(NCCSc1ccc(F)cc1)NC1CC2CCCC(C1)N2C. The molecule has 2 heterocycles. The van der Waals surface area contributed by atoms with Crippen molar-refractivity contribution in [2.24, 2.45) is 4.99 Å². The topological polar surface area (TPSA) is 39.7 Å². The molecule has 2 N–H and O–H groups in total. The van der Waals surface area contributed by atoms with Crippen molar-refractivity contribution in [3.8, 4) is 0 Å². The maximum atomic E-state index is 12.9. The van der Waals surface area contributed by atoms with Gasteiger partial charge >= 0.3 is 0 Å². The summed E-state index contributed by atoms with van der Waals surface area (Å²) in [5.74, 6) is 1.63. The fourth-order valence-electron chi connectivity index (χ4n) is 3.99. The standard InChI is InChI=1S/C19H29FN4S/c1-21-19(22-10-11-25-18-8-6-14(20)7-9-18)23-15-12-16-4-3-5-17(13-15)24(16)2/h6-9,15-17H,3-5,10-13H2,1-2H3,(H2,21,22,23). The lowest BCUT2D eigenvalue weighted by Crippen LogP contribution is -2.56. The number of guanidine groups is 1. The molecule has 2 aliphatic heterocycles. The summed E-state index contributed by atoms with van der Waals surface area (Å²) in [5.41, 5.74) is 0. The van der Waals surface area contributed by atoms with Gasteiger partial charge in [0.1, 0.15) is 5.82 Å². The Morgan fingerprint density at radius 2 is 1.92 bits per heavy atom. The van der Waals surface area contributed by atoms with E-state index in [2.05, 4.69) is 27.6 Å². The highest BCUT2D eigenvalue weighted by Gasteiger charge is 2.36. The van der Waals surface area contributed by atoms with Gasteiger partial charge in [0.15, 0.2) is 5.96 Å². The van der Waals surface area contributed by atoms with Crippen LogP contribution in [0.5, 0.6) is 0 Å². The monoisotopic (exact) mass is 364 g/mol. The smallest absolute Gasteiger partial charge is 0.191 e. The Kier molecular flexibility index (Phi) is 6.59. The molecule has 0 aliphatic carbocycles. The van der Waals surface area contributed by atoms with Gasteiger partial charge in [0.05, 0.1) is 0 Å². The van der Waals surface area contributed by atoms with Crippen molar-refractivity contribution in [1.82, 2.24) is 15.5 Å². The van der Waals surface area contributed by atoms with E-state index >= 15 is 0 Å². The molecule has 0 spiro atoms. The number of piperidine rings is 2. The number of rotatable bonds is 5. The van der Waals surface area contributed by atoms with Gasteiger partial charge in [-0.15, -0.1) is 11.8 Å². The van der Waals surface area contributed by atoms with Crippen LogP contribution < -0.4 is 10.6 Å². The number of aliphatic imine (C=N–C) groups is 1. The van der Waals surface area contributed by atoms with Gasteiger partial charge in [-0.2, -0.15) is 0 Å². The predicted molar refractivity (Wildman–Crippen MR) is 104 cm³/mol. The molecule has 6 heteroatoms. The van der Waals surface area contributed by atoms with Gasteiger partial charge in [0.25, 0.3) is 0 Å². The lowest BCUT2D eigenvalue weighted by molar-refractivity contribution is 0.0526. The van der Waals surface area contributed by atoms with E-state index in [0.29, 0.717) is 6.04 Å². The molecule has 2 atom stereocenters. The van der Waals surface area contributed by atoms with Crippen molar-refractivity contribution in [2.75, 3.05) is 26.4 Å². The molecule has 0 aromatic heterocycles. The van der Waals surface area contributed by atoms with Gasteiger partial charge in [0.2, 0.25) is 0 Å². The zero-order valence-electron chi connectivity index (χ0n) is 15.2. The third kappa shape index (κ3) is 5.11. The second-order valence-corrected chi connectivity index (χ2v) is 8.19. The first-order valence-corrected chi connectivity index (χ1v) is 10.2. The van der Waals surface area contributed by atoms with Crippen LogP contribution in [-0.2, 0) is 0 Å². The summed E-state index contributed by atoms with van der Waals surface area (Å²) in [6.45, 7) is 0.835. The molecule has 2 saturated heterocycles. The summed E-state index contributed by atoms with van der Waals surface area (Å²) in [7, 11) is 4.11. The van der Waals surface area contributed by atoms with Gasteiger partial charge in [-0.25, -0.2) is 4.39 Å². The van der Waals surface area contributed by atoms with Crippen molar-refractivity contribution in [2.45, 2.75) is 55.1 Å². The lowest BCUT2D eigenvalue weighted by Gasteiger charge is -2.47. The van der Waals surface area contributed by atoms with E-state index in [1.807, 2.05) is 19.2 Å². The second kappa shape index (κ2) is 8.90. The fourth-order valence-corrected chi connectivity index (χ4v) is 4.76. The Bertz CT molecular complexity index is 563. The molecule has 0 saturated carbocycles. The first-order valence-electron chi connectivity index (χ1n) is 9.23. The summed E-state index contributed by atoms with van der Waals surface area (Å²) >= 11 is 1.72. The second-order valence-electron chi connectivity index (χ2n) is 7.02. The van der Waals surface area contributed by atoms with Gasteiger partial charge < -0.3 is 15.5 Å². The molecule has 2 aliphatic rings. The largest absolute Gasteiger partial charge is 0.356 e. The van der Waals surface area contributed by atoms with Crippen molar-refractivity contribution < 1.29 is 4.39 Å². The number of fused-ring (bicyclic) bond motifs is 2. The number of thioether (sulfide) groups is 1. The van der Waals surface area contributed by atoms with Crippen LogP contribution in [0.25, 0.3) is 0 Å². The Morgan fingerprint density at radius 3 is 2.56 bits per heavy atom. The van der Waals surface area contributed by atoms with Crippen molar-refractivity contribution >= 4 is 17.7 Å². The molecule has 4 nitrogen and oxygen atoms in total. The van der Waals surface area contributed by atoms with Crippen LogP contribution >= 0.6 is 11.8 Å². The summed E-state index contributed by atoms with van der Waals surface area (Å²) < 4.78 is 12.9. The molecule has 2 fully saturated rings. The van der Waals surface area contributed by atoms with E-state index in [1.54, 1.807) is 11.8 Å². The minimum Gasteiger partial charge on any atom is -0.356 e. The summed E-state index contributed by atoms with van der Waals surface area (Å²) in [6, 6.07) is 8.62. The van der Waals surface area contributed by atoms with Crippen LogP contribution in [0.2, 0.25) is 0 Å². The molecule has 0 radical (unpaired) electrons. The van der Waals surface area contributed by atoms with Gasteiger partial charge in [-0.05, 0) is 57.0 Å². The Morgan fingerprint density at radius 1 is 1.24 bits per heavy atom. The molecule has 25 heavy (non-hydrogen) atoms. The first kappa shape index (κ1) is 18.5. The first-order chi connectivity index (χ1) is 12.2. The highest BCUT2D eigenvalue weighted by Crippen LogP contribution is 2.32. The number of benzene rings is 1. The highest BCUT2D eigenvalue weighted by atomic mass is 32.2. The van der Waals surface area contributed by atoms with E-state index in [0.717, 1.165) is 35.2 Å². The minimum atomic E-state index is -0.185. The van der Waals surface area contributed by atoms with Crippen LogP contribution in [0.3, 0.4) is 0 Å². The third-order valence-electron chi connectivity index (χ3n) is 5.38. The molecular formula is C19H29FN4S. The average molecular weight is 365 g/mol. The van der Waals surface area contributed by atoms with Gasteiger partial charge in [-0.1, -0.05) is 6.42 Å². The average Bonchev–Trinajstić information content (AvgIpc) is 2.60. The van der Waals surface area contributed by atoms with Crippen LogP contribution in [0, 0.1) is 5.82 Å². The van der Waals surface area contributed by atoms with Gasteiger partial charge in [0, 0.05) is 42.4 Å². The molecule has 2 bridgehead atoms. The van der Waals surface area contributed by atoms with Crippen LogP contribution in [0.15, 0.2) is 34.2 Å². The molecule has 1 aromatic carbocycles.